The van der Waals surface area contributed by atoms with Crippen LogP contribution < -0.4 is 5.32 Å². The van der Waals surface area contributed by atoms with Gasteiger partial charge in [0.05, 0.1) is 28.4 Å². The van der Waals surface area contributed by atoms with Gasteiger partial charge in [-0.3, -0.25) is 4.79 Å². The number of aliphatic hydroxyl groups is 1. The molecule has 4 aliphatic heterocycles. The molecule has 1 aromatic carbocycles. The molecule has 7 rings (SSSR count). The number of hydrogen-bond acceptors (Lipinski definition) is 5. The van der Waals surface area contributed by atoms with Gasteiger partial charge < -0.3 is 29.4 Å². The molecular formula is C32H39N3O4. The highest BCUT2D eigenvalue weighted by atomic mass is 16.6. The molecule has 2 N–H and O–H groups in total. The lowest BCUT2D eigenvalue weighted by Gasteiger charge is -2.49. The normalized spacial score (nSPS) is 38.3. The van der Waals surface area contributed by atoms with E-state index in [4.69, 9.17) is 9.47 Å². The molecule has 5 heterocycles. The molecular weight excluding hydrogens is 490 g/mol. The fraction of sp³-hybridized carbons (Fsp3) is 0.531. The van der Waals surface area contributed by atoms with Gasteiger partial charge in [-0.25, -0.2) is 0 Å². The topological polar surface area (TPSA) is 76.0 Å². The van der Waals surface area contributed by atoms with Crippen LogP contribution in [0.5, 0.6) is 0 Å². The lowest BCUT2D eigenvalue weighted by molar-refractivity contribution is -0.295. The Balaban J connectivity index is 1.72. The Morgan fingerprint density at radius 3 is 2.64 bits per heavy atom. The van der Waals surface area contributed by atoms with E-state index in [0.29, 0.717) is 13.0 Å². The van der Waals surface area contributed by atoms with Gasteiger partial charge in [0.2, 0.25) is 5.91 Å². The zero-order valence-corrected chi connectivity index (χ0v) is 24.2. The molecule has 1 amide bonds. The summed E-state index contributed by atoms with van der Waals surface area (Å²) >= 11 is 0. The van der Waals surface area contributed by atoms with Crippen LogP contribution in [0.2, 0.25) is 0 Å². The number of methoxy groups -OCH3 is 1. The second-order valence-electron chi connectivity index (χ2n) is 12.8. The number of aromatic nitrogens is 1. The summed E-state index contributed by atoms with van der Waals surface area (Å²) in [5, 5.41) is 16.1. The van der Waals surface area contributed by atoms with Crippen LogP contribution in [0.25, 0.3) is 22.2 Å². The van der Waals surface area contributed by atoms with Crippen LogP contribution in [0.4, 0.5) is 0 Å². The Morgan fingerprint density at radius 1 is 1.23 bits per heavy atom. The number of nitrogens with one attached hydrogen (secondary N) is 1. The smallest absolute Gasteiger partial charge is 0.248 e. The maximum atomic E-state index is 13.4. The summed E-state index contributed by atoms with van der Waals surface area (Å²) in [6.07, 6.45) is 4.94. The van der Waals surface area contributed by atoms with Gasteiger partial charge in [-0.05, 0) is 51.8 Å². The fourth-order valence-corrected chi connectivity index (χ4v) is 8.95. The van der Waals surface area contributed by atoms with E-state index in [2.05, 4.69) is 92.7 Å². The summed E-state index contributed by atoms with van der Waals surface area (Å²) in [6, 6.07) is 8.46. The molecule has 39 heavy (non-hydrogen) atoms. The van der Waals surface area contributed by atoms with Crippen molar-refractivity contribution in [1.82, 2.24) is 14.8 Å². The second kappa shape index (κ2) is 7.45. The number of carbonyl (C=O) groups is 1. The van der Waals surface area contributed by atoms with E-state index in [1.165, 1.54) is 11.3 Å². The predicted molar refractivity (Wildman–Crippen MR) is 151 cm³/mol. The number of ether oxygens (including phenoxy) is 2. The minimum atomic E-state index is -1.48. The largest absolute Gasteiger partial charge is 0.365 e. The van der Waals surface area contributed by atoms with E-state index in [0.717, 1.165) is 33.3 Å². The number of fused-ring (bicyclic) bond motifs is 8. The first-order chi connectivity index (χ1) is 18.4. The highest BCUT2D eigenvalue weighted by molar-refractivity contribution is 6.13. The van der Waals surface area contributed by atoms with Gasteiger partial charge in [-0.2, -0.15) is 0 Å². The third kappa shape index (κ3) is 2.63. The van der Waals surface area contributed by atoms with Crippen molar-refractivity contribution < 1.29 is 19.4 Å². The molecule has 1 aromatic heterocycles. The van der Waals surface area contributed by atoms with E-state index in [-0.39, 0.29) is 23.8 Å². The molecule has 7 atom stereocenters. The molecule has 0 spiro atoms. The summed E-state index contributed by atoms with van der Waals surface area (Å²) in [5.74, 6) is -1.32. The van der Waals surface area contributed by atoms with Gasteiger partial charge in [0.25, 0.3) is 0 Å². The van der Waals surface area contributed by atoms with Crippen molar-refractivity contribution in [2.75, 3.05) is 13.7 Å². The van der Waals surface area contributed by atoms with E-state index < -0.39 is 22.7 Å². The Hall–Kier alpha value is -2.87. The maximum Gasteiger partial charge on any atom is 0.248 e. The van der Waals surface area contributed by atoms with Crippen LogP contribution in [0, 0.1) is 17.3 Å². The molecule has 0 radical (unpaired) electrons. The van der Waals surface area contributed by atoms with Crippen molar-refractivity contribution in [2.45, 2.75) is 78.2 Å². The van der Waals surface area contributed by atoms with Crippen LogP contribution in [0.1, 0.15) is 66.1 Å². The SMILES string of the molecule is C/C=C\C1C(C)C2=C3c4c(c5ccccc5n4C4(C)OC(C)(C[C@]4(C)[C@@](C)(O)OC)N31)C1=C(C(=O)NC1)[C@@H]2C. The van der Waals surface area contributed by atoms with Crippen LogP contribution in [-0.2, 0) is 20.0 Å². The van der Waals surface area contributed by atoms with Crippen molar-refractivity contribution in [2.24, 2.45) is 17.3 Å². The van der Waals surface area contributed by atoms with Crippen molar-refractivity contribution in [3.8, 4) is 0 Å². The van der Waals surface area contributed by atoms with Crippen LogP contribution in [0.15, 0.2) is 47.6 Å². The molecule has 1 aliphatic carbocycles. The highest BCUT2D eigenvalue weighted by Crippen LogP contribution is 2.68. The minimum absolute atomic E-state index is 0.0307. The Kier molecular flexibility index (Phi) is 4.80. The average molecular weight is 530 g/mol. The number of carbonyl (C=O) groups excluding carboxylic acids is 1. The predicted octanol–water partition coefficient (Wildman–Crippen LogP) is 4.97. The number of allylic oxidation sites excluding steroid dienone is 1. The van der Waals surface area contributed by atoms with E-state index in [1.54, 1.807) is 14.0 Å². The molecule has 7 nitrogen and oxygen atoms in total. The molecule has 2 bridgehead atoms. The number of hydrogen-bond donors (Lipinski definition) is 2. The highest BCUT2D eigenvalue weighted by Gasteiger charge is 2.72. The first kappa shape index (κ1) is 25.1. The third-order valence-electron chi connectivity index (χ3n) is 11.0. The average Bonchev–Trinajstić information content (AvgIpc) is 3.54. The van der Waals surface area contributed by atoms with Crippen LogP contribution in [-0.4, -0.2) is 51.7 Å². The maximum absolute atomic E-state index is 13.4. The van der Waals surface area contributed by atoms with E-state index in [1.807, 2.05) is 0 Å². The van der Waals surface area contributed by atoms with Crippen molar-refractivity contribution in [3.05, 3.63) is 58.8 Å². The Morgan fingerprint density at radius 2 is 1.95 bits per heavy atom. The van der Waals surface area contributed by atoms with E-state index in [9.17, 15) is 9.90 Å². The zero-order chi connectivity index (χ0) is 27.9. The number of benzene rings is 1. The van der Waals surface area contributed by atoms with Gasteiger partial charge in [-0.1, -0.05) is 44.2 Å². The lowest BCUT2D eigenvalue weighted by atomic mass is 9.69. The van der Waals surface area contributed by atoms with Crippen molar-refractivity contribution >= 4 is 28.1 Å². The molecule has 2 aromatic rings. The standard InChI is InChI=1S/C32H39N3O4/c1-9-12-21-17(2)23-18(3)24-20(15-33-28(24)36)25-19-13-10-11-14-22(19)35-27(25)26(23)34(21)30(5)16-29(4,31(35,6)39-30)32(7,37)38-8/h9-14,17-18,21,37H,15-16H2,1-8H3,(H,33,36)/b12-9-/t17?,18-,21?,29+,30?,31?,32+/m1/s1. The van der Waals surface area contributed by atoms with Gasteiger partial charge in [0, 0.05) is 48.4 Å². The lowest BCUT2D eigenvalue weighted by Crippen LogP contribution is -2.58. The van der Waals surface area contributed by atoms with Crippen molar-refractivity contribution in [3.63, 3.8) is 0 Å². The van der Waals surface area contributed by atoms with Gasteiger partial charge >= 0.3 is 0 Å². The van der Waals surface area contributed by atoms with Crippen molar-refractivity contribution in [1.29, 1.82) is 0 Å². The third-order valence-corrected chi connectivity index (χ3v) is 11.0. The Bertz CT molecular complexity index is 1560. The molecule has 4 unspecified atom stereocenters. The first-order valence-electron chi connectivity index (χ1n) is 14.2. The van der Waals surface area contributed by atoms with Crippen LogP contribution in [0.3, 0.4) is 0 Å². The Labute approximate surface area is 230 Å². The first-order valence-corrected chi connectivity index (χ1v) is 14.2. The minimum Gasteiger partial charge on any atom is -0.365 e. The van der Waals surface area contributed by atoms with Gasteiger partial charge in [0.1, 0.15) is 5.72 Å². The zero-order valence-electron chi connectivity index (χ0n) is 24.2. The summed E-state index contributed by atoms with van der Waals surface area (Å²) in [7, 11) is 1.57. The summed E-state index contributed by atoms with van der Waals surface area (Å²) in [5.41, 5.74) is 5.11. The van der Waals surface area contributed by atoms with Gasteiger partial charge in [-0.15, -0.1) is 0 Å². The number of para-hydroxylation sites is 1. The quantitative estimate of drug-likeness (QED) is 0.434. The molecule has 206 valence electrons. The number of rotatable bonds is 3. The second-order valence-corrected chi connectivity index (χ2v) is 12.8. The molecule has 7 heteroatoms. The number of amides is 1. The van der Waals surface area contributed by atoms with E-state index >= 15 is 0 Å². The molecule has 1 saturated heterocycles. The fourth-order valence-electron chi connectivity index (χ4n) is 8.95. The summed E-state index contributed by atoms with van der Waals surface area (Å²) < 4.78 is 15.5. The monoisotopic (exact) mass is 529 g/mol. The summed E-state index contributed by atoms with van der Waals surface area (Å²) in [6.45, 7) is 15.2. The molecule has 0 saturated carbocycles. The van der Waals surface area contributed by atoms with Crippen LogP contribution >= 0.6 is 0 Å². The molecule has 5 aliphatic rings. The van der Waals surface area contributed by atoms with Gasteiger partial charge in [0.15, 0.2) is 11.5 Å². The summed E-state index contributed by atoms with van der Waals surface area (Å²) in [4.78, 5) is 15.9. The number of nitrogens with zero attached hydrogens (tertiary/aromatic N) is 2. The molecule has 1 fully saturated rings.